The Kier molecular flexibility index (Phi) is 33.6. The minimum Gasteiger partial charge on any atom is -0.619 e. The molecule has 6 heterocycles. The zero-order valence-corrected chi connectivity index (χ0v) is 66.7. The van der Waals surface area contributed by atoms with Crippen molar-refractivity contribution in [1.29, 1.82) is 31.6 Å². The van der Waals surface area contributed by atoms with E-state index in [0.717, 1.165) is 97.4 Å². The van der Waals surface area contributed by atoms with Crippen LogP contribution in [0.1, 0.15) is 77.0 Å². The molecule has 12 rings (SSSR count). The summed E-state index contributed by atoms with van der Waals surface area (Å²) >= 11 is 0. The third kappa shape index (κ3) is 26.6. The number of pyridine rings is 2. The molecule has 10 aromatic rings. The Balaban J connectivity index is 0.000000221. The Morgan fingerprint density at radius 2 is 0.844 bits per heavy atom. The van der Waals surface area contributed by atoms with Gasteiger partial charge < -0.3 is 76.8 Å². The van der Waals surface area contributed by atoms with Crippen LogP contribution in [-0.2, 0) is 9.59 Å². The summed E-state index contributed by atoms with van der Waals surface area (Å²) in [6.07, 6.45) is 24.0. The van der Waals surface area contributed by atoms with Crippen molar-refractivity contribution in [3.05, 3.63) is 344 Å². The van der Waals surface area contributed by atoms with Gasteiger partial charge in [-0.2, -0.15) is 36.3 Å². The number of nitro groups is 6. The van der Waals surface area contributed by atoms with E-state index in [1.54, 1.807) is 12.1 Å². The molecule has 674 valence electrons. The summed E-state index contributed by atoms with van der Waals surface area (Å²) in [5.74, 6) is -12.6. The number of carbonyl (C=O) groups is 4. The predicted octanol–water partition coefficient (Wildman–Crippen LogP) is 8.12. The number of benzene rings is 5. The number of allylic oxidation sites excluding steroid dienone is 11. The number of hydrogen-bond acceptors (Lipinski definition) is 44. The van der Waals surface area contributed by atoms with Crippen molar-refractivity contribution >= 4 is 110 Å². The average molecular weight is 1840 g/mol. The number of H-pyrrole nitrogens is 1. The molecule has 0 bridgehead atoms. The molecule has 54 nitrogen and oxygen atoms in total. The molecule has 0 fully saturated rings. The predicted molar refractivity (Wildman–Crippen MR) is 451 cm³/mol. The minimum absolute atomic E-state index is 0.00995. The molecule has 135 heavy (non-hydrogen) atoms. The Morgan fingerprint density at radius 3 is 1.21 bits per heavy atom. The number of nitrogens with one attached hydrogen (secondary N) is 2. The summed E-state index contributed by atoms with van der Waals surface area (Å²) in [7, 11) is 0. The number of nitrogens with zero attached hydrogens (tertiary/aromatic N) is 21. The maximum absolute atomic E-state index is 11.7. The fourth-order valence-corrected chi connectivity index (χ4v) is 10.4. The van der Waals surface area contributed by atoms with Crippen molar-refractivity contribution in [1.82, 2.24) is 50.3 Å². The first-order valence-electron chi connectivity index (χ1n) is 35.6. The van der Waals surface area contributed by atoms with Crippen LogP contribution in [0, 0.1) is 134 Å². The van der Waals surface area contributed by atoms with Crippen LogP contribution in [0.25, 0.3) is 58.2 Å². The number of ketones is 2. The van der Waals surface area contributed by atoms with Gasteiger partial charge in [-0.05, 0) is 124 Å². The number of nitriles is 6. The first-order chi connectivity index (χ1) is 64.0. The van der Waals surface area contributed by atoms with Crippen LogP contribution in [-0.4, -0.2) is 164 Å². The topological polar surface area (TPSA) is 898 Å². The lowest BCUT2D eigenvalue weighted by Crippen LogP contribution is -2.24. The second kappa shape index (κ2) is 45.4. The Labute approximate surface area is 747 Å². The smallest absolute Gasteiger partial charge is 0.356 e. The van der Waals surface area contributed by atoms with Gasteiger partial charge >= 0.3 is 51.9 Å². The second-order valence-electron chi connectivity index (χ2n) is 25.4. The third-order valence-corrected chi connectivity index (χ3v) is 16.6. The maximum atomic E-state index is 11.7. The van der Waals surface area contributed by atoms with Crippen LogP contribution in [0.15, 0.2) is 205 Å². The zero-order valence-electron chi connectivity index (χ0n) is 66.7. The molecule has 0 radical (unpaired) electrons. The zero-order chi connectivity index (χ0) is 99.9. The SMILES string of the molecule is N#C/C(=C\C1=CC(=O)C(=O)C([N+](=O)[O-])=C1)C1=CN(O)C=CN1.N#C/C(=C\c1cc(O)c(O)c([N+](=O)[O-])c1)c1ccc(C(=O)O)c(=O)[nH]1.N#C/C(=C\c1cc(O)c(O)c([N+](=O)[O-])c1)c1ccc[n+]([O-])c1.N#C/C(=C\c1cc(O)c(O)c([N+](=O)[O-])c1)c1cnc(C(=O)O)cn1.N#C/C(=C\c1cc(O)c(O)c([N+](=O)[O-])c1)c1cncnc1.N#C/C(=C\c1cc(O)c(O)c([N+](=O)[O-])c1)c1ncncn1. The molecule has 54 heteroatoms. The molecular weight excluding hydrogens is 1790 g/mol. The number of nitro benzene ring substituents is 5. The van der Waals surface area contributed by atoms with E-state index in [2.05, 4.69) is 45.2 Å². The van der Waals surface area contributed by atoms with Gasteiger partial charge in [0.2, 0.25) is 34.5 Å². The van der Waals surface area contributed by atoms with E-state index in [1.807, 2.05) is 24.3 Å². The van der Waals surface area contributed by atoms with Crippen LogP contribution < -0.4 is 15.6 Å². The fourth-order valence-electron chi connectivity index (χ4n) is 10.4. The van der Waals surface area contributed by atoms with E-state index in [-0.39, 0.29) is 95.4 Å². The van der Waals surface area contributed by atoms with Crippen molar-refractivity contribution < 1.29 is 120 Å². The number of hydroxylamine groups is 2. The molecular formula is C81H49N23O31. The molecule has 0 atom stereocenters. The number of aromatic carboxylic acids is 2. The van der Waals surface area contributed by atoms with Gasteiger partial charge in [0, 0.05) is 72.8 Å². The van der Waals surface area contributed by atoms with Gasteiger partial charge in [0.05, 0.1) is 110 Å². The second-order valence-corrected chi connectivity index (χ2v) is 25.4. The molecule has 5 aromatic carbocycles. The van der Waals surface area contributed by atoms with Gasteiger partial charge in [0.15, 0.2) is 52.7 Å². The number of carboxylic acid groups (broad SMARTS) is 2. The summed E-state index contributed by atoms with van der Waals surface area (Å²) < 4.78 is 0.511. The molecule has 0 unspecified atom stereocenters. The molecule has 0 saturated heterocycles. The number of phenolic OH excluding ortho intramolecular Hbond substituents is 10. The minimum atomic E-state index is -1.44. The van der Waals surface area contributed by atoms with Gasteiger partial charge in [-0.15, -0.1) is 0 Å². The molecule has 2 aliphatic rings. The van der Waals surface area contributed by atoms with Crippen molar-refractivity contribution in [3.63, 3.8) is 0 Å². The lowest BCUT2D eigenvalue weighted by atomic mass is 9.99. The summed E-state index contributed by atoms with van der Waals surface area (Å²) in [6.45, 7) is 0. The number of carbonyl (C=O) groups excluding carboxylic acids is 2. The van der Waals surface area contributed by atoms with E-state index in [0.29, 0.717) is 20.9 Å². The van der Waals surface area contributed by atoms with E-state index in [4.69, 9.17) is 31.3 Å². The van der Waals surface area contributed by atoms with Gasteiger partial charge in [-0.25, -0.2) is 44.6 Å². The van der Waals surface area contributed by atoms with Crippen molar-refractivity contribution in [2.24, 2.45) is 0 Å². The van der Waals surface area contributed by atoms with Crippen LogP contribution in [0.5, 0.6) is 57.5 Å². The fraction of sp³-hybridized carbons (Fsp3) is 0. The van der Waals surface area contributed by atoms with E-state index < -0.39 is 156 Å². The van der Waals surface area contributed by atoms with E-state index in [9.17, 15) is 157 Å². The van der Waals surface area contributed by atoms with Crippen molar-refractivity contribution in [3.8, 4) is 93.9 Å². The summed E-state index contributed by atoms with van der Waals surface area (Å²) in [4.78, 5) is 144. The molecule has 0 saturated carbocycles. The molecule has 0 amide bonds. The number of carboxylic acids is 2. The van der Waals surface area contributed by atoms with Crippen LogP contribution in [0.4, 0.5) is 28.4 Å². The number of phenols is 10. The highest BCUT2D eigenvalue weighted by Crippen LogP contribution is 2.42. The van der Waals surface area contributed by atoms with Crippen molar-refractivity contribution in [2.75, 3.05) is 0 Å². The third-order valence-electron chi connectivity index (χ3n) is 16.6. The number of hydrogen-bond donors (Lipinski definition) is 15. The first-order valence-corrected chi connectivity index (χ1v) is 35.6. The van der Waals surface area contributed by atoms with Crippen LogP contribution in [0.3, 0.4) is 0 Å². The number of aromatic nitrogens is 9. The first kappa shape index (κ1) is 99.8. The standard InChI is InChI=1S/C15H9N3O7.C14H8N4O6.C14H9N3O5.C13H8N4O5.C13H8N4O4.C12H7N5O4/c16-6-8(10-2-1-9(15(22)23)14(21)17-10)3-7-4-11(18(24)25)13(20)12(19)5-7;15-4-8(9-5-17-10(6-16-9)14(21)22)1-7-2-11(18(23)24)13(20)12(19)3-7;15-7-11(10-2-1-3-16(20)8-10)4-9-5-12(17(21)22)14(19)13(18)6-9;14-6-9(10-7-16(20)2-1-15-10)3-8-4-11(17(21)22)13(19)12(18)5-8;14-4-9(10-5-15-7-16-6-10)1-8-2-11(17(20)21)13(19)12(18)3-8;13-4-8(12-15-5-14-6-16-12)1-7-2-9(17(20)21)11(19)10(18)3-7/h1-5,19-20H,(H,17,21)(H,22,23);1-3,5-6,19-20H,(H,21,22);1-6,8,18-19H;1-5,7,15,20H;1-3,5-7,18-19H;1-3,5-6,18-19H/b8-3+;8-1+;11-4+;9-3+;9-1+;8-1+. The Bertz CT molecular complexity index is 7100. The van der Waals surface area contributed by atoms with E-state index >= 15 is 0 Å². The van der Waals surface area contributed by atoms with E-state index in [1.165, 1.54) is 111 Å². The summed E-state index contributed by atoms with van der Waals surface area (Å²) in [6, 6.07) is 26.5. The molecule has 1 aliphatic carbocycles. The highest BCUT2D eigenvalue weighted by atomic mass is 16.7. The molecule has 15 N–H and O–H groups in total. The monoisotopic (exact) mass is 1840 g/mol. The molecule has 1 aliphatic heterocycles. The Morgan fingerprint density at radius 1 is 0.444 bits per heavy atom. The lowest BCUT2D eigenvalue weighted by Gasteiger charge is -2.16. The number of Topliss-reactive ketones (excluding diaryl/α,β-unsaturated/α-hetero) is 1. The van der Waals surface area contributed by atoms with Crippen LogP contribution in [0.2, 0.25) is 0 Å². The highest BCUT2D eigenvalue weighted by molar-refractivity contribution is 6.47. The Hall–Kier alpha value is -22.2. The quantitative estimate of drug-likeness (QED) is 0.00500. The molecule has 5 aromatic heterocycles. The maximum Gasteiger partial charge on any atom is 0.356 e. The van der Waals surface area contributed by atoms with Crippen LogP contribution >= 0.6 is 0 Å². The van der Waals surface area contributed by atoms with Gasteiger partial charge in [-0.3, -0.25) is 85.3 Å². The number of aromatic amines is 1. The number of rotatable bonds is 20. The number of aromatic hydroxyl groups is 10. The highest BCUT2D eigenvalue weighted by Gasteiger charge is 2.32. The van der Waals surface area contributed by atoms with Crippen molar-refractivity contribution in [2.45, 2.75) is 0 Å². The largest absolute Gasteiger partial charge is 0.619 e. The van der Waals surface area contributed by atoms with Gasteiger partial charge in [-0.1, -0.05) is 0 Å². The lowest BCUT2D eigenvalue weighted by molar-refractivity contribution is -0.605. The van der Waals surface area contributed by atoms with Gasteiger partial charge in [0.1, 0.15) is 54.9 Å². The summed E-state index contributed by atoms with van der Waals surface area (Å²) in [5.41, 5.74) is -4.48. The normalized spacial score (nSPS) is 12.1. The molecule has 0 spiro atoms. The summed E-state index contributed by atoms with van der Waals surface area (Å²) in [5, 5.41) is 256. The average Bonchev–Trinajstić information content (AvgIpc) is 0.840. The van der Waals surface area contributed by atoms with Gasteiger partial charge in [0.25, 0.3) is 5.56 Å².